The first-order valence-electron chi connectivity index (χ1n) is 7.25. The van der Waals surface area contributed by atoms with Crippen LogP contribution in [0.25, 0.3) is 10.2 Å². The molecule has 6 heteroatoms. The van der Waals surface area contributed by atoms with Crippen molar-refractivity contribution in [2.45, 2.75) is 32.4 Å². The van der Waals surface area contributed by atoms with Gasteiger partial charge in [0.15, 0.2) is 0 Å². The van der Waals surface area contributed by atoms with Gasteiger partial charge in [0.2, 0.25) is 0 Å². The molecular weight excluding hydrogens is 282 g/mol. The quantitative estimate of drug-likeness (QED) is 0.746. The Balaban J connectivity index is 1.65. The zero-order valence-electron chi connectivity index (χ0n) is 11.9. The van der Waals surface area contributed by atoms with Crippen LogP contribution in [0.4, 0.5) is 5.82 Å². The predicted octanol–water partition coefficient (Wildman–Crippen LogP) is 2.87. The molecule has 0 radical (unpaired) electrons. The maximum Gasteiger partial charge on any atom is 0.150 e. The van der Waals surface area contributed by atoms with E-state index >= 15 is 0 Å². The molecule has 3 aromatic heterocycles. The number of aromatic nitrogens is 4. The van der Waals surface area contributed by atoms with Crippen LogP contribution in [0.3, 0.4) is 0 Å². The first-order valence-corrected chi connectivity index (χ1v) is 8.13. The molecule has 1 aliphatic heterocycles. The number of hydrogen-bond donors (Lipinski definition) is 0. The number of fused-ring (bicyclic) bond motifs is 1. The van der Waals surface area contributed by atoms with Crippen LogP contribution in [0.1, 0.15) is 18.4 Å². The van der Waals surface area contributed by atoms with Gasteiger partial charge in [-0.05, 0) is 36.8 Å². The Labute approximate surface area is 127 Å². The number of hydrogen-bond acceptors (Lipinski definition) is 5. The van der Waals surface area contributed by atoms with Gasteiger partial charge >= 0.3 is 0 Å². The Hall–Kier alpha value is -1.95. The zero-order valence-corrected chi connectivity index (χ0v) is 12.8. The summed E-state index contributed by atoms with van der Waals surface area (Å²) in [6, 6.07) is 2.53. The third-order valence-corrected chi connectivity index (χ3v) is 4.93. The minimum Gasteiger partial charge on any atom is -0.350 e. The molecule has 0 bridgehead atoms. The maximum absolute atomic E-state index is 4.55. The molecule has 4 rings (SSSR count). The number of anilines is 1. The molecule has 5 nitrogen and oxygen atoms in total. The molecular formula is C15H17N5S. The molecule has 0 N–H and O–H groups in total. The van der Waals surface area contributed by atoms with Gasteiger partial charge in [0.25, 0.3) is 0 Å². The molecule has 0 saturated carbocycles. The Kier molecular flexibility index (Phi) is 3.11. The van der Waals surface area contributed by atoms with Crippen molar-refractivity contribution >= 4 is 27.4 Å². The molecule has 21 heavy (non-hydrogen) atoms. The van der Waals surface area contributed by atoms with Gasteiger partial charge in [0.05, 0.1) is 29.0 Å². The van der Waals surface area contributed by atoms with Gasteiger partial charge in [-0.3, -0.25) is 4.68 Å². The zero-order chi connectivity index (χ0) is 14.2. The van der Waals surface area contributed by atoms with Crippen LogP contribution in [0.5, 0.6) is 0 Å². The fraction of sp³-hybridized carbons (Fsp3) is 0.400. The summed E-state index contributed by atoms with van der Waals surface area (Å²) < 4.78 is 3.24. The second-order valence-corrected chi connectivity index (χ2v) is 6.48. The van der Waals surface area contributed by atoms with Gasteiger partial charge in [-0.25, -0.2) is 9.97 Å². The molecule has 1 unspecified atom stereocenters. The van der Waals surface area contributed by atoms with E-state index < -0.39 is 0 Å². The van der Waals surface area contributed by atoms with Gasteiger partial charge < -0.3 is 4.90 Å². The van der Waals surface area contributed by atoms with Crippen LogP contribution in [0.15, 0.2) is 30.2 Å². The van der Waals surface area contributed by atoms with Crippen molar-refractivity contribution in [1.29, 1.82) is 0 Å². The van der Waals surface area contributed by atoms with Gasteiger partial charge in [0.1, 0.15) is 12.1 Å². The van der Waals surface area contributed by atoms with E-state index in [1.54, 1.807) is 17.7 Å². The summed E-state index contributed by atoms with van der Waals surface area (Å²) in [4.78, 5) is 11.3. The highest BCUT2D eigenvalue weighted by Crippen LogP contribution is 2.32. The lowest BCUT2D eigenvalue weighted by molar-refractivity contribution is 0.508. The second-order valence-electron chi connectivity index (χ2n) is 5.56. The minimum atomic E-state index is 0.462. The van der Waals surface area contributed by atoms with Gasteiger partial charge in [-0.2, -0.15) is 5.10 Å². The molecule has 4 heterocycles. The summed E-state index contributed by atoms with van der Waals surface area (Å²) >= 11 is 1.72. The molecule has 0 aromatic carbocycles. The molecule has 108 valence electrons. The van der Waals surface area contributed by atoms with E-state index in [9.17, 15) is 0 Å². The van der Waals surface area contributed by atoms with Crippen LogP contribution in [-0.4, -0.2) is 32.3 Å². The van der Waals surface area contributed by atoms with Crippen molar-refractivity contribution in [1.82, 2.24) is 19.7 Å². The summed E-state index contributed by atoms with van der Waals surface area (Å²) in [5, 5.41) is 6.51. The van der Waals surface area contributed by atoms with Gasteiger partial charge in [0, 0.05) is 12.7 Å². The normalized spacial score (nSPS) is 18.7. The summed E-state index contributed by atoms with van der Waals surface area (Å²) in [7, 11) is 0. The molecule has 1 aliphatic rings. The van der Waals surface area contributed by atoms with Crippen molar-refractivity contribution in [3.05, 3.63) is 35.7 Å². The standard InChI is InChI=1S/C15H17N5S/c1-11-7-18-19(8-11)9-12-3-2-5-20(12)15-14-13(4-6-21-14)16-10-17-15/h4,6-8,10,12H,2-3,5,9H2,1H3. The van der Waals surface area contributed by atoms with Crippen LogP contribution in [0, 0.1) is 6.92 Å². The van der Waals surface area contributed by atoms with Crippen LogP contribution < -0.4 is 4.90 Å². The van der Waals surface area contributed by atoms with Crippen molar-refractivity contribution in [3.63, 3.8) is 0 Å². The van der Waals surface area contributed by atoms with E-state index in [0.717, 1.165) is 24.4 Å². The van der Waals surface area contributed by atoms with Crippen molar-refractivity contribution in [2.75, 3.05) is 11.4 Å². The summed E-state index contributed by atoms with van der Waals surface area (Å²) in [6.45, 7) is 4.06. The van der Waals surface area contributed by atoms with Crippen LogP contribution in [0.2, 0.25) is 0 Å². The average Bonchev–Trinajstić information content (AvgIpc) is 3.19. The van der Waals surface area contributed by atoms with Gasteiger partial charge in [-0.1, -0.05) is 0 Å². The summed E-state index contributed by atoms with van der Waals surface area (Å²) in [5.41, 5.74) is 2.26. The highest BCUT2D eigenvalue weighted by molar-refractivity contribution is 7.17. The first kappa shape index (κ1) is 12.8. The lowest BCUT2D eigenvalue weighted by atomic mass is 10.2. The molecule has 1 atom stereocenters. The van der Waals surface area contributed by atoms with Crippen molar-refractivity contribution in [3.8, 4) is 0 Å². The Bertz CT molecular complexity index is 762. The first-order chi connectivity index (χ1) is 10.3. The Morgan fingerprint density at radius 2 is 2.33 bits per heavy atom. The second kappa shape index (κ2) is 5.11. The van der Waals surface area contributed by atoms with E-state index in [1.807, 2.05) is 10.9 Å². The predicted molar refractivity (Wildman–Crippen MR) is 84.7 cm³/mol. The van der Waals surface area contributed by atoms with E-state index in [-0.39, 0.29) is 0 Å². The third kappa shape index (κ3) is 2.29. The van der Waals surface area contributed by atoms with Gasteiger partial charge in [-0.15, -0.1) is 11.3 Å². The molecule has 0 spiro atoms. The molecule has 1 saturated heterocycles. The molecule has 0 aliphatic carbocycles. The van der Waals surface area contributed by atoms with E-state index in [2.05, 4.69) is 44.5 Å². The van der Waals surface area contributed by atoms with Crippen molar-refractivity contribution < 1.29 is 0 Å². The highest BCUT2D eigenvalue weighted by atomic mass is 32.1. The lowest BCUT2D eigenvalue weighted by Crippen LogP contribution is -2.33. The van der Waals surface area contributed by atoms with Crippen molar-refractivity contribution in [2.24, 2.45) is 0 Å². The van der Waals surface area contributed by atoms with E-state index in [1.165, 1.54) is 23.1 Å². The smallest absolute Gasteiger partial charge is 0.150 e. The number of aryl methyl sites for hydroxylation is 1. The topological polar surface area (TPSA) is 46.8 Å². The Morgan fingerprint density at radius 3 is 3.19 bits per heavy atom. The molecule has 1 fully saturated rings. The van der Waals surface area contributed by atoms with E-state index in [0.29, 0.717) is 6.04 Å². The third-order valence-electron chi connectivity index (χ3n) is 4.03. The molecule has 3 aromatic rings. The fourth-order valence-corrected chi connectivity index (χ4v) is 3.92. The Morgan fingerprint density at radius 1 is 1.38 bits per heavy atom. The highest BCUT2D eigenvalue weighted by Gasteiger charge is 2.27. The fourth-order valence-electron chi connectivity index (χ4n) is 3.07. The lowest BCUT2D eigenvalue weighted by Gasteiger charge is -2.25. The summed E-state index contributed by atoms with van der Waals surface area (Å²) in [6.07, 6.45) is 8.11. The largest absolute Gasteiger partial charge is 0.350 e. The SMILES string of the molecule is Cc1cnn(CC2CCCN2c2ncnc3ccsc23)c1. The van der Waals surface area contributed by atoms with Crippen LogP contribution in [-0.2, 0) is 6.54 Å². The number of thiophene rings is 1. The summed E-state index contributed by atoms with van der Waals surface area (Å²) in [5.74, 6) is 1.08. The van der Waals surface area contributed by atoms with Crippen LogP contribution >= 0.6 is 11.3 Å². The number of nitrogens with zero attached hydrogens (tertiary/aromatic N) is 5. The number of rotatable bonds is 3. The monoisotopic (exact) mass is 299 g/mol. The average molecular weight is 299 g/mol. The molecule has 0 amide bonds. The maximum atomic E-state index is 4.55. The van der Waals surface area contributed by atoms with E-state index in [4.69, 9.17) is 0 Å². The minimum absolute atomic E-state index is 0.462.